The molecule has 14 rings (SSSR count). The lowest BCUT2D eigenvalue weighted by Gasteiger charge is -2.14. The summed E-state index contributed by atoms with van der Waals surface area (Å²) in [6.45, 7) is 0. The van der Waals surface area contributed by atoms with Gasteiger partial charge in [0.1, 0.15) is 0 Å². The van der Waals surface area contributed by atoms with Crippen LogP contribution < -0.4 is 0 Å². The molecule has 0 radical (unpaired) electrons. The fourth-order valence-electron chi connectivity index (χ4n) is 10.7. The molecule has 0 unspecified atom stereocenters. The van der Waals surface area contributed by atoms with Crippen molar-refractivity contribution >= 4 is 65.2 Å². The van der Waals surface area contributed by atoms with Crippen LogP contribution in [0, 0.1) is 0 Å². The third-order valence-electron chi connectivity index (χ3n) is 14.0. The van der Waals surface area contributed by atoms with Crippen LogP contribution in [0.25, 0.3) is 133 Å². The molecule has 5 nitrogen and oxygen atoms in total. The van der Waals surface area contributed by atoms with Crippen molar-refractivity contribution in [2.45, 2.75) is 0 Å². The van der Waals surface area contributed by atoms with Crippen LogP contribution in [0.4, 0.5) is 0 Å². The number of hydrogen-bond donors (Lipinski definition) is 0. The van der Waals surface area contributed by atoms with Gasteiger partial charge in [0.05, 0.1) is 22.1 Å². The van der Waals surface area contributed by atoms with Crippen molar-refractivity contribution < 1.29 is 0 Å². The van der Waals surface area contributed by atoms with Gasteiger partial charge < -0.3 is 9.13 Å². The summed E-state index contributed by atoms with van der Waals surface area (Å²) < 4.78 is 4.79. The zero-order valence-corrected chi connectivity index (χ0v) is 37.9. The van der Waals surface area contributed by atoms with Crippen LogP contribution >= 0.6 is 0 Å². The first-order chi connectivity index (χ1) is 34.7. The van der Waals surface area contributed by atoms with Gasteiger partial charge in [0.25, 0.3) is 0 Å². The van der Waals surface area contributed by atoms with E-state index in [2.05, 4.69) is 221 Å². The molecule has 11 aromatic carbocycles. The van der Waals surface area contributed by atoms with E-state index in [4.69, 9.17) is 15.0 Å². The number of aromatic nitrogens is 5. The van der Waals surface area contributed by atoms with Crippen LogP contribution in [0.5, 0.6) is 0 Å². The highest BCUT2D eigenvalue weighted by Gasteiger charge is 2.20. The SMILES string of the molecule is c1ccc(-c2nc(-c3ccccc3)nc(-c3cc(-c4ccc5c(c4)c4ccccc4n5-c4ccc(-c5cccc6c5c5ccccc5n6-c5ccccc5)cc4)c4ccc5ccccc5c4c3)n2)cc1. The summed E-state index contributed by atoms with van der Waals surface area (Å²) in [6.07, 6.45) is 0. The van der Waals surface area contributed by atoms with E-state index >= 15 is 0 Å². The Kier molecular flexibility index (Phi) is 9.14. The van der Waals surface area contributed by atoms with E-state index in [1.54, 1.807) is 0 Å². The highest BCUT2D eigenvalue weighted by atomic mass is 15.0. The highest BCUT2D eigenvalue weighted by molar-refractivity contribution is 6.17. The molecule has 5 heteroatoms. The van der Waals surface area contributed by atoms with Crippen LogP contribution in [0.15, 0.2) is 249 Å². The summed E-state index contributed by atoms with van der Waals surface area (Å²) in [5.74, 6) is 1.90. The number of rotatable bonds is 7. The standard InChI is InChI=1S/C65H41N5/c1-4-18-44(19-5-1)63-66-64(45-20-6-2-7-21-45)68-65(67-63)47-40-55(52-37-33-42-17-10-11-24-50(42)56(52)41-47)46-34-38-60-57(39-46)53-25-12-14-28-58(53)69(60)49-35-31-43(32-36-49)51-27-16-30-61-62(51)54-26-13-15-29-59(54)70(61)48-22-8-3-9-23-48/h1-41H. The normalized spacial score (nSPS) is 11.7. The lowest BCUT2D eigenvalue weighted by atomic mass is 9.91. The summed E-state index contributed by atoms with van der Waals surface area (Å²) in [4.78, 5) is 15.4. The first-order valence-electron chi connectivity index (χ1n) is 23.8. The number of benzene rings is 11. The molecule has 0 aliphatic heterocycles. The van der Waals surface area contributed by atoms with Gasteiger partial charge in [0, 0.05) is 49.6 Å². The maximum absolute atomic E-state index is 5.19. The van der Waals surface area contributed by atoms with E-state index in [0.29, 0.717) is 17.5 Å². The Bertz CT molecular complexity index is 4270. The maximum atomic E-state index is 5.19. The maximum Gasteiger partial charge on any atom is 0.164 e. The average molecular weight is 892 g/mol. The number of fused-ring (bicyclic) bond motifs is 9. The molecule has 3 aromatic heterocycles. The molecule has 0 spiro atoms. The Labute approximate surface area is 403 Å². The van der Waals surface area contributed by atoms with Gasteiger partial charge in [-0.05, 0) is 111 Å². The molecule has 0 fully saturated rings. The van der Waals surface area contributed by atoms with Gasteiger partial charge in [-0.15, -0.1) is 0 Å². The Morgan fingerprint density at radius 1 is 0.243 bits per heavy atom. The molecular weight excluding hydrogens is 851 g/mol. The molecular formula is C65H41N5. The molecule has 3 heterocycles. The van der Waals surface area contributed by atoms with Gasteiger partial charge in [0.2, 0.25) is 0 Å². The van der Waals surface area contributed by atoms with Crippen LogP contribution in [0.1, 0.15) is 0 Å². The predicted octanol–water partition coefficient (Wildman–Crippen LogP) is 16.7. The van der Waals surface area contributed by atoms with E-state index < -0.39 is 0 Å². The second kappa shape index (κ2) is 16.1. The van der Waals surface area contributed by atoms with Crippen molar-refractivity contribution in [2.75, 3.05) is 0 Å². The van der Waals surface area contributed by atoms with E-state index in [0.717, 1.165) is 55.6 Å². The minimum Gasteiger partial charge on any atom is -0.309 e. The lowest BCUT2D eigenvalue weighted by molar-refractivity contribution is 1.07. The average Bonchev–Trinajstić information content (AvgIpc) is 3.96. The molecule has 0 aliphatic carbocycles. The van der Waals surface area contributed by atoms with Gasteiger partial charge in [-0.1, -0.05) is 182 Å². The lowest BCUT2D eigenvalue weighted by Crippen LogP contribution is -2.00. The molecule has 0 N–H and O–H groups in total. The summed E-state index contributed by atoms with van der Waals surface area (Å²) in [6, 6.07) is 88.9. The van der Waals surface area contributed by atoms with Gasteiger partial charge in [-0.3, -0.25) is 0 Å². The summed E-state index contributed by atoms with van der Waals surface area (Å²) in [5.41, 5.74) is 14.4. The molecule has 0 aliphatic rings. The van der Waals surface area contributed by atoms with Crippen molar-refractivity contribution in [1.82, 2.24) is 24.1 Å². The van der Waals surface area contributed by atoms with Crippen molar-refractivity contribution in [2.24, 2.45) is 0 Å². The molecule has 0 atom stereocenters. The zero-order valence-electron chi connectivity index (χ0n) is 37.9. The van der Waals surface area contributed by atoms with Gasteiger partial charge in [0.15, 0.2) is 17.5 Å². The number of nitrogens with zero attached hydrogens (tertiary/aromatic N) is 5. The van der Waals surface area contributed by atoms with Crippen LogP contribution in [0.2, 0.25) is 0 Å². The van der Waals surface area contributed by atoms with Crippen LogP contribution in [-0.4, -0.2) is 24.1 Å². The summed E-state index contributed by atoms with van der Waals surface area (Å²) >= 11 is 0. The molecule has 0 saturated carbocycles. The third kappa shape index (κ3) is 6.44. The number of para-hydroxylation sites is 3. The van der Waals surface area contributed by atoms with E-state index in [-0.39, 0.29) is 0 Å². The van der Waals surface area contributed by atoms with Gasteiger partial charge in [-0.25, -0.2) is 15.0 Å². The number of hydrogen-bond acceptors (Lipinski definition) is 3. The van der Waals surface area contributed by atoms with Crippen LogP contribution in [-0.2, 0) is 0 Å². The molecule has 0 amide bonds. The van der Waals surface area contributed by atoms with E-state index in [1.165, 1.54) is 59.9 Å². The van der Waals surface area contributed by atoms with E-state index in [9.17, 15) is 0 Å². The van der Waals surface area contributed by atoms with Crippen molar-refractivity contribution in [1.29, 1.82) is 0 Å². The first kappa shape index (κ1) is 39.7. The Morgan fingerprint density at radius 3 is 1.47 bits per heavy atom. The second-order valence-electron chi connectivity index (χ2n) is 18.0. The van der Waals surface area contributed by atoms with Gasteiger partial charge >= 0.3 is 0 Å². The fraction of sp³-hybridized carbons (Fsp3) is 0. The Balaban J connectivity index is 0.927. The molecule has 14 aromatic rings. The largest absolute Gasteiger partial charge is 0.309 e. The minimum atomic E-state index is 0.628. The minimum absolute atomic E-state index is 0.628. The Morgan fingerprint density at radius 2 is 0.757 bits per heavy atom. The summed E-state index contributed by atoms with van der Waals surface area (Å²) in [7, 11) is 0. The molecule has 326 valence electrons. The van der Waals surface area contributed by atoms with Crippen molar-refractivity contribution in [3.05, 3.63) is 249 Å². The smallest absolute Gasteiger partial charge is 0.164 e. The fourth-order valence-corrected chi connectivity index (χ4v) is 10.7. The van der Waals surface area contributed by atoms with Crippen molar-refractivity contribution in [3.63, 3.8) is 0 Å². The summed E-state index contributed by atoms with van der Waals surface area (Å²) in [5, 5.41) is 9.57. The monoisotopic (exact) mass is 891 g/mol. The highest BCUT2D eigenvalue weighted by Crippen LogP contribution is 2.42. The Hall–Kier alpha value is -9.45. The quantitative estimate of drug-likeness (QED) is 0.150. The molecule has 0 saturated heterocycles. The van der Waals surface area contributed by atoms with Crippen LogP contribution in [0.3, 0.4) is 0 Å². The van der Waals surface area contributed by atoms with E-state index in [1.807, 2.05) is 36.4 Å². The molecule has 0 bridgehead atoms. The van der Waals surface area contributed by atoms with Gasteiger partial charge in [-0.2, -0.15) is 0 Å². The predicted molar refractivity (Wildman–Crippen MR) is 291 cm³/mol. The first-order valence-corrected chi connectivity index (χ1v) is 23.8. The molecule has 70 heavy (non-hydrogen) atoms. The van der Waals surface area contributed by atoms with Crippen molar-refractivity contribution in [3.8, 4) is 67.8 Å². The third-order valence-corrected chi connectivity index (χ3v) is 14.0. The topological polar surface area (TPSA) is 48.5 Å². The second-order valence-corrected chi connectivity index (χ2v) is 18.0. The zero-order chi connectivity index (χ0) is 46.1.